The van der Waals surface area contributed by atoms with Crippen molar-refractivity contribution in [2.24, 2.45) is 0 Å². The van der Waals surface area contributed by atoms with Crippen LogP contribution >= 0.6 is 11.6 Å². The maximum atomic E-state index is 14.2. The fraction of sp³-hybridized carbons (Fsp3) is 0.355. The Morgan fingerprint density at radius 2 is 1.57 bits per heavy atom. The first-order valence-corrected chi connectivity index (χ1v) is 15.5. The molecule has 0 heterocycles. The molecule has 1 saturated carbocycles. The summed E-state index contributed by atoms with van der Waals surface area (Å²) in [6.45, 7) is 3.27. The summed E-state index contributed by atoms with van der Waals surface area (Å²) >= 11 is 6.39. The van der Waals surface area contributed by atoms with Crippen LogP contribution in [0.1, 0.15) is 50.2 Å². The summed E-state index contributed by atoms with van der Waals surface area (Å²) in [7, 11) is -4.14. The molecule has 0 saturated heterocycles. The summed E-state index contributed by atoms with van der Waals surface area (Å²) < 4.78 is 29.0. The number of carbonyl (C=O) groups is 2. The third kappa shape index (κ3) is 6.85. The number of nitrogens with zero attached hydrogens (tertiary/aromatic N) is 2. The third-order valence-electron chi connectivity index (χ3n) is 7.40. The summed E-state index contributed by atoms with van der Waals surface area (Å²) in [5.41, 5.74) is 1.70. The molecule has 0 aromatic heterocycles. The zero-order chi connectivity index (χ0) is 28.7. The number of hydrogen-bond donors (Lipinski definition) is 1. The van der Waals surface area contributed by atoms with E-state index in [1.54, 1.807) is 43.3 Å². The van der Waals surface area contributed by atoms with E-state index >= 15 is 0 Å². The smallest absolute Gasteiger partial charge is 0.264 e. The highest BCUT2D eigenvalue weighted by Crippen LogP contribution is 2.31. The van der Waals surface area contributed by atoms with Crippen molar-refractivity contribution in [1.82, 2.24) is 10.2 Å². The van der Waals surface area contributed by atoms with Gasteiger partial charge in [0.2, 0.25) is 11.8 Å². The molecule has 3 aromatic carbocycles. The van der Waals surface area contributed by atoms with Crippen LogP contribution in [0.4, 0.5) is 5.69 Å². The van der Waals surface area contributed by atoms with E-state index in [1.165, 1.54) is 17.0 Å². The standard InChI is InChI=1S/C31H36ClN3O4S/c1-3-28(31(37)33-25-15-10-11-16-25)34(21-24-13-6-4-7-14-24)30(36)22-35(29-20-12-19-27(32)23(29)2)40(38,39)26-17-8-5-9-18-26/h4-9,12-14,17-20,25,28H,3,10-11,15-16,21-22H2,1-2H3,(H,33,37)/t28-/m0/s1. The van der Waals surface area contributed by atoms with Gasteiger partial charge in [-0.25, -0.2) is 8.42 Å². The number of hydrogen-bond acceptors (Lipinski definition) is 4. The van der Waals surface area contributed by atoms with E-state index in [1.807, 2.05) is 37.3 Å². The van der Waals surface area contributed by atoms with Crippen molar-refractivity contribution in [2.75, 3.05) is 10.8 Å². The molecular weight excluding hydrogens is 546 g/mol. The molecule has 3 aromatic rings. The maximum Gasteiger partial charge on any atom is 0.264 e. The highest BCUT2D eigenvalue weighted by atomic mass is 35.5. The lowest BCUT2D eigenvalue weighted by Gasteiger charge is -2.34. The molecule has 1 aliphatic rings. The van der Waals surface area contributed by atoms with Crippen LogP contribution in [0.5, 0.6) is 0 Å². The van der Waals surface area contributed by atoms with Gasteiger partial charge in [-0.05, 0) is 61.6 Å². The zero-order valence-corrected chi connectivity index (χ0v) is 24.5. The van der Waals surface area contributed by atoms with Gasteiger partial charge in [-0.15, -0.1) is 0 Å². The van der Waals surface area contributed by atoms with Gasteiger partial charge in [-0.3, -0.25) is 13.9 Å². The predicted octanol–water partition coefficient (Wildman–Crippen LogP) is 5.71. The first-order chi connectivity index (χ1) is 19.2. The van der Waals surface area contributed by atoms with E-state index in [4.69, 9.17) is 11.6 Å². The average Bonchev–Trinajstić information content (AvgIpc) is 3.47. The lowest BCUT2D eigenvalue weighted by Crippen LogP contribution is -2.53. The van der Waals surface area contributed by atoms with Crippen molar-refractivity contribution >= 4 is 39.1 Å². The van der Waals surface area contributed by atoms with Crippen LogP contribution in [-0.4, -0.2) is 43.8 Å². The van der Waals surface area contributed by atoms with Crippen LogP contribution < -0.4 is 9.62 Å². The molecule has 0 aliphatic heterocycles. The zero-order valence-electron chi connectivity index (χ0n) is 22.9. The van der Waals surface area contributed by atoms with Gasteiger partial charge in [0.25, 0.3) is 10.0 Å². The Labute approximate surface area is 242 Å². The molecule has 1 atom stereocenters. The van der Waals surface area contributed by atoms with Crippen LogP contribution in [0.25, 0.3) is 0 Å². The largest absolute Gasteiger partial charge is 0.352 e. The number of benzene rings is 3. The van der Waals surface area contributed by atoms with E-state index in [-0.39, 0.29) is 23.4 Å². The Morgan fingerprint density at radius 3 is 2.20 bits per heavy atom. The van der Waals surface area contributed by atoms with Crippen molar-refractivity contribution in [1.29, 1.82) is 0 Å². The molecule has 4 rings (SSSR count). The lowest BCUT2D eigenvalue weighted by molar-refractivity contribution is -0.140. The summed E-state index contributed by atoms with van der Waals surface area (Å²) in [5.74, 6) is -0.689. The van der Waals surface area contributed by atoms with Gasteiger partial charge < -0.3 is 10.2 Å². The van der Waals surface area contributed by atoms with Crippen LogP contribution in [0, 0.1) is 6.92 Å². The average molecular weight is 582 g/mol. The Morgan fingerprint density at radius 1 is 0.950 bits per heavy atom. The van der Waals surface area contributed by atoms with Crippen molar-refractivity contribution in [3.05, 3.63) is 95.0 Å². The van der Waals surface area contributed by atoms with Gasteiger partial charge in [0.1, 0.15) is 12.6 Å². The SMILES string of the molecule is CC[C@@H](C(=O)NC1CCCC1)N(Cc1ccccc1)C(=O)CN(c1cccc(Cl)c1C)S(=O)(=O)c1ccccc1. The fourth-order valence-electron chi connectivity index (χ4n) is 5.17. The molecule has 1 N–H and O–H groups in total. The number of sulfonamides is 1. The van der Waals surface area contributed by atoms with E-state index in [2.05, 4.69) is 5.32 Å². The van der Waals surface area contributed by atoms with Crippen LogP contribution in [0.3, 0.4) is 0 Å². The molecule has 40 heavy (non-hydrogen) atoms. The molecule has 0 radical (unpaired) electrons. The van der Waals surface area contributed by atoms with E-state index in [0.29, 0.717) is 22.7 Å². The Kier molecular flexibility index (Phi) is 9.87. The summed E-state index contributed by atoms with van der Waals surface area (Å²) in [6.07, 6.45) is 4.37. The van der Waals surface area contributed by atoms with Gasteiger partial charge in [-0.2, -0.15) is 0 Å². The van der Waals surface area contributed by atoms with Crippen molar-refractivity contribution < 1.29 is 18.0 Å². The Hall–Kier alpha value is -3.36. The molecule has 0 bridgehead atoms. The Bertz CT molecular complexity index is 1410. The van der Waals surface area contributed by atoms with Gasteiger partial charge in [0.05, 0.1) is 10.6 Å². The molecule has 1 aliphatic carbocycles. The minimum absolute atomic E-state index is 0.0582. The van der Waals surface area contributed by atoms with Crippen molar-refractivity contribution in [3.8, 4) is 0 Å². The number of anilines is 1. The number of carbonyl (C=O) groups excluding carboxylic acids is 2. The van der Waals surface area contributed by atoms with Crippen LogP contribution in [0.15, 0.2) is 83.8 Å². The topological polar surface area (TPSA) is 86.8 Å². The predicted molar refractivity (Wildman–Crippen MR) is 159 cm³/mol. The van der Waals surface area contributed by atoms with Gasteiger partial charge in [0, 0.05) is 17.6 Å². The number of halogens is 1. The molecule has 0 spiro atoms. The van der Waals surface area contributed by atoms with Crippen molar-refractivity contribution in [3.63, 3.8) is 0 Å². The van der Waals surface area contributed by atoms with Crippen LogP contribution in [-0.2, 0) is 26.2 Å². The lowest BCUT2D eigenvalue weighted by atomic mass is 10.1. The normalized spacial score (nSPS) is 14.5. The molecule has 9 heteroatoms. The van der Waals surface area contributed by atoms with Gasteiger partial charge >= 0.3 is 0 Å². The molecule has 7 nitrogen and oxygen atoms in total. The van der Waals surface area contributed by atoms with Gasteiger partial charge in [0.15, 0.2) is 0 Å². The highest BCUT2D eigenvalue weighted by molar-refractivity contribution is 7.92. The second kappa shape index (κ2) is 13.3. The first-order valence-electron chi connectivity index (χ1n) is 13.7. The highest BCUT2D eigenvalue weighted by Gasteiger charge is 2.35. The second-order valence-electron chi connectivity index (χ2n) is 10.1. The van der Waals surface area contributed by atoms with E-state index < -0.39 is 28.5 Å². The number of rotatable bonds is 11. The summed E-state index contributed by atoms with van der Waals surface area (Å²) in [5, 5.41) is 3.52. The van der Waals surface area contributed by atoms with E-state index in [9.17, 15) is 18.0 Å². The molecular formula is C31H36ClN3O4S. The molecule has 2 amide bonds. The quantitative estimate of drug-likeness (QED) is 0.314. The summed E-state index contributed by atoms with van der Waals surface area (Å²) in [6, 6.07) is 21.7. The molecule has 212 valence electrons. The third-order valence-corrected chi connectivity index (χ3v) is 9.58. The monoisotopic (exact) mass is 581 g/mol. The van der Waals surface area contributed by atoms with E-state index in [0.717, 1.165) is 35.6 Å². The Balaban J connectivity index is 1.72. The fourth-order valence-corrected chi connectivity index (χ4v) is 6.83. The van der Waals surface area contributed by atoms with Gasteiger partial charge in [-0.1, -0.05) is 86.0 Å². The minimum atomic E-state index is -4.14. The summed E-state index contributed by atoms with van der Waals surface area (Å²) in [4.78, 5) is 29.2. The minimum Gasteiger partial charge on any atom is -0.352 e. The first kappa shape index (κ1) is 29.6. The van der Waals surface area contributed by atoms with Crippen molar-refractivity contribution in [2.45, 2.75) is 69.5 Å². The van der Waals surface area contributed by atoms with Crippen LogP contribution in [0.2, 0.25) is 5.02 Å². The second-order valence-corrected chi connectivity index (χ2v) is 12.4. The maximum absolute atomic E-state index is 14.2. The molecule has 0 unspecified atom stereocenters. The number of nitrogens with one attached hydrogen (secondary N) is 1. The molecule has 1 fully saturated rings. The number of amides is 2.